The lowest BCUT2D eigenvalue weighted by Crippen LogP contribution is -2.40. The van der Waals surface area contributed by atoms with Crippen LogP contribution < -0.4 is 0 Å². The van der Waals surface area contributed by atoms with Gasteiger partial charge in [-0.05, 0) is 36.6 Å². The van der Waals surface area contributed by atoms with Crippen molar-refractivity contribution in [3.8, 4) is 0 Å². The molecular weight excluding hydrogens is 315 g/mol. The van der Waals surface area contributed by atoms with Crippen LogP contribution in [0.1, 0.15) is 24.1 Å². The fraction of sp³-hybridized carbons (Fsp3) is 0.438. The lowest BCUT2D eigenvalue weighted by atomic mass is 9.93. The Labute approximate surface area is 138 Å². The van der Waals surface area contributed by atoms with Crippen LogP contribution in [0.2, 0.25) is 0 Å². The second-order valence-corrected chi connectivity index (χ2v) is 6.10. The molecule has 1 aromatic carbocycles. The molecule has 1 N–H and O–H groups in total. The third kappa shape index (κ3) is 3.44. The highest BCUT2D eigenvalue weighted by molar-refractivity contribution is 5.32. The van der Waals surface area contributed by atoms with E-state index in [1.165, 1.54) is 16.9 Å². The number of nitrogens with zero attached hydrogens (tertiary/aromatic N) is 4. The number of hydrogen-bond acceptors (Lipinski definition) is 5. The number of nitro groups is 1. The van der Waals surface area contributed by atoms with E-state index < -0.39 is 11.0 Å². The quantitative estimate of drug-likeness (QED) is 0.667. The molecule has 0 saturated heterocycles. The van der Waals surface area contributed by atoms with Crippen molar-refractivity contribution in [3.05, 3.63) is 57.7 Å². The van der Waals surface area contributed by atoms with Crippen molar-refractivity contribution in [2.45, 2.75) is 32.0 Å². The molecule has 0 unspecified atom stereocenters. The molecule has 2 aromatic rings. The van der Waals surface area contributed by atoms with Gasteiger partial charge in [0.25, 0.3) is 0 Å². The monoisotopic (exact) mass is 334 g/mol. The smallest absolute Gasteiger partial charge is 0.306 e. The molecule has 1 aliphatic heterocycles. The van der Waals surface area contributed by atoms with Gasteiger partial charge in [-0.25, -0.2) is 4.39 Å². The lowest BCUT2D eigenvalue weighted by Gasteiger charge is -2.36. The topological polar surface area (TPSA) is 84.4 Å². The Morgan fingerprint density at radius 1 is 1.50 bits per heavy atom. The zero-order valence-corrected chi connectivity index (χ0v) is 13.3. The summed E-state index contributed by atoms with van der Waals surface area (Å²) in [5, 5.41) is 24.8. The summed E-state index contributed by atoms with van der Waals surface area (Å²) in [7, 11) is 0. The maximum Gasteiger partial charge on any atom is 0.306 e. The van der Waals surface area contributed by atoms with Gasteiger partial charge in [-0.1, -0.05) is 6.07 Å². The molecule has 0 aliphatic carbocycles. The summed E-state index contributed by atoms with van der Waals surface area (Å²) in [6, 6.07) is 4.85. The number of fused-ring (bicyclic) bond motifs is 1. The van der Waals surface area contributed by atoms with Crippen molar-refractivity contribution in [3.63, 3.8) is 0 Å². The number of halogens is 1. The van der Waals surface area contributed by atoms with Crippen LogP contribution in [0.25, 0.3) is 0 Å². The van der Waals surface area contributed by atoms with E-state index in [1.807, 2.05) is 13.0 Å². The van der Waals surface area contributed by atoms with Gasteiger partial charge in [0.15, 0.2) is 0 Å². The normalized spacial score (nSPS) is 19.0. The minimum absolute atomic E-state index is 0.00561. The van der Waals surface area contributed by atoms with Gasteiger partial charge in [-0.2, -0.15) is 5.10 Å². The Bertz CT molecular complexity index is 749. The van der Waals surface area contributed by atoms with Crippen molar-refractivity contribution in [2.75, 3.05) is 13.1 Å². The van der Waals surface area contributed by atoms with Crippen LogP contribution in [0.3, 0.4) is 0 Å². The molecule has 0 saturated carbocycles. The van der Waals surface area contributed by atoms with Crippen molar-refractivity contribution in [1.82, 2.24) is 14.7 Å². The molecule has 0 radical (unpaired) electrons. The summed E-state index contributed by atoms with van der Waals surface area (Å²) >= 11 is 0. The van der Waals surface area contributed by atoms with E-state index in [-0.39, 0.29) is 24.1 Å². The summed E-state index contributed by atoms with van der Waals surface area (Å²) in [5.41, 5.74) is 1.98. The van der Waals surface area contributed by atoms with Crippen LogP contribution in [0.15, 0.2) is 30.6 Å². The Balaban J connectivity index is 1.64. The van der Waals surface area contributed by atoms with E-state index in [0.29, 0.717) is 6.54 Å². The zero-order chi connectivity index (χ0) is 17.3. The first-order valence-electron chi connectivity index (χ1n) is 7.81. The van der Waals surface area contributed by atoms with Gasteiger partial charge in [0.2, 0.25) is 0 Å². The maximum absolute atomic E-state index is 13.5. The van der Waals surface area contributed by atoms with Gasteiger partial charge in [-0.15, -0.1) is 0 Å². The second-order valence-electron chi connectivity index (χ2n) is 6.10. The molecule has 3 rings (SSSR count). The molecule has 0 amide bonds. The number of aliphatic hydroxyl groups excluding tert-OH is 1. The predicted octanol–water partition coefficient (Wildman–Crippen LogP) is 1.91. The maximum atomic E-state index is 13.5. The number of benzene rings is 1. The first kappa shape index (κ1) is 16.5. The van der Waals surface area contributed by atoms with Crippen molar-refractivity contribution in [1.29, 1.82) is 0 Å². The molecule has 0 fully saturated rings. The molecule has 2 atom stereocenters. The second kappa shape index (κ2) is 6.66. The fourth-order valence-corrected chi connectivity index (χ4v) is 3.18. The van der Waals surface area contributed by atoms with E-state index in [2.05, 4.69) is 10.00 Å². The Hall–Kier alpha value is -2.32. The summed E-state index contributed by atoms with van der Waals surface area (Å²) in [6.07, 6.45) is 2.55. The third-order valence-corrected chi connectivity index (χ3v) is 4.45. The highest BCUT2D eigenvalue weighted by Crippen LogP contribution is 2.30. The van der Waals surface area contributed by atoms with Gasteiger partial charge in [0.05, 0.1) is 17.6 Å². The van der Waals surface area contributed by atoms with E-state index >= 15 is 0 Å². The number of rotatable bonds is 5. The van der Waals surface area contributed by atoms with Crippen LogP contribution in [0, 0.1) is 15.9 Å². The molecule has 1 aromatic heterocycles. The van der Waals surface area contributed by atoms with Crippen LogP contribution in [-0.4, -0.2) is 43.9 Å². The standard InChI is InChI=1S/C16H19FN4O3/c1-11-16-6-13(17)3-2-12(16)4-5-19(11)9-15(22)10-20-8-14(7-18-20)21(23)24/h2-3,6-8,11,15,22H,4-5,9-10H2,1H3/t11-,15-/m1/s1. The summed E-state index contributed by atoms with van der Waals surface area (Å²) in [6.45, 7) is 3.33. The molecule has 0 bridgehead atoms. The Morgan fingerprint density at radius 2 is 2.29 bits per heavy atom. The van der Waals surface area contributed by atoms with Gasteiger partial charge in [0.1, 0.15) is 18.2 Å². The van der Waals surface area contributed by atoms with Gasteiger partial charge in [-0.3, -0.25) is 19.7 Å². The molecular formula is C16H19FN4O3. The van der Waals surface area contributed by atoms with Crippen LogP contribution in [0.5, 0.6) is 0 Å². The van der Waals surface area contributed by atoms with E-state index in [1.54, 1.807) is 6.07 Å². The van der Waals surface area contributed by atoms with Gasteiger partial charge >= 0.3 is 5.69 Å². The average molecular weight is 334 g/mol. The van der Waals surface area contributed by atoms with Crippen molar-refractivity contribution < 1.29 is 14.4 Å². The highest BCUT2D eigenvalue weighted by Gasteiger charge is 2.26. The number of aromatic nitrogens is 2. The molecule has 2 heterocycles. The SMILES string of the molecule is C[C@@H]1c2cc(F)ccc2CCN1C[C@@H](O)Cn1cc([N+](=O)[O-])cn1. The van der Waals surface area contributed by atoms with Crippen LogP contribution >= 0.6 is 0 Å². The Kier molecular flexibility index (Phi) is 4.59. The minimum Gasteiger partial charge on any atom is -0.390 e. The van der Waals surface area contributed by atoms with Crippen molar-refractivity contribution >= 4 is 5.69 Å². The first-order valence-corrected chi connectivity index (χ1v) is 7.81. The van der Waals surface area contributed by atoms with Gasteiger partial charge < -0.3 is 5.11 Å². The largest absolute Gasteiger partial charge is 0.390 e. The van der Waals surface area contributed by atoms with E-state index in [0.717, 1.165) is 30.3 Å². The zero-order valence-electron chi connectivity index (χ0n) is 13.3. The minimum atomic E-state index is -0.720. The van der Waals surface area contributed by atoms with Gasteiger partial charge in [0, 0.05) is 19.1 Å². The number of β-amino-alcohol motifs (C(OH)–C–C–N with tert-alkyl or cyclic N) is 1. The molecule has 0 spiro atoms. The molecule has 128 valence electrons. The Morgan fingerprint density at radius 3 is 3.00 bits per heavy atom. The van der Waals surface area contributed by atoms with E-state index in [9.17, 15) is 19.6 Å². The van der Waals surface area contributed by atoms with Crippen LogP contribution in [-0.2, 0) is 13.0 Å². The summed E-state index contributed by atoms with van der Waals surface area (Å²) in [4.78, 5) is 12.2. The third-order valence-electron chi connectivity index (χ3n) is 4.45. The molecule has 8 heteroatoms. The molecule has 24 heavy (non-hydrogen) atoms. The van der Waals surface area contributed by atoms with E-state index in [4.69, 9.17) is 0 Å². The predicted molar refractivity (Wildman–Crippen MR) is 85.0 cm³/mol. The van der Waals surface area contributed by atoms with Crippen molar-refractivity contribution in [2.24, 2.45) is 0 Å². The fourth-order valence-electron chi connectivity index (χ4n) is 3.18. The first-order chi connectivity index (χ1) is 11.4. The molecule has 7 nitrogen and oxygen atoms in total. The lowest BCUT2D eigenvalue weighted by molar-refractivity contribution is -0.385. The number of aliphatic hydroxyl groups is 1. The summed E-state index contributed by atoms with van der Waals surface area (Å²) < 4.78 is 14.8. The molecule has 1 aliphatic rings. The number of hydrogen-bond donors (Lipinski definition) is 1. The van der Waals surface area contributed by atoms with Crippen LogP contribution in [0.4, 0.5) is 10.1 Å². The average Bonchev–Trinajstić information content (AvgIpc) is 2.99. The highest BCUT2D eigenvalue weighted by atomic mass is 19.1. The summed E-state index contributed by atoms with van der Waals surface area (Å²) in [5.74, 6) is -0.258.